The predicted molar refractivity (Wildman–Crippen MR) is 80.7 cm³/mol. The minimum absolute atomic E-state index is 0.160. The fraction of sp³-hybridized carbons (Fsp3) is 0.571. The SMILES string of the molecule is COC(=O)c1sccc1NC(=O)CCOC1CCNCC1. The Morgan fingerprint density at radius 1 is 1.43 bits per heavy atom. The van der Waals surface area contributed by atoms with E-state index in [-0.39, 0.29) is 18.4 Å². The zero-order valence-corrected chi connectivity index (χ0v) is 12.8. The van der Waals surface area contributed by atoms with Crippen LogP contribution in [-0.4, -0.2) is 44.8 Å². The van der Waals surface area contributed by atoms with Gasteiger partial charge in [0.05, 0.1) is 31.9 Å². The topological polar surface area (TPSA) is 76.7 Å². The van der Waals surface area contributed by atoms with E-state index in [0.717, 1.165) is 25.9 Å². The second kappa shape index (κ2) is 8.11. The molecule has 0 unspecified atom stereocenters. The van der Waals surface area contributed by atoms with Crippen LogP contribution in [0.3, 0.4) is 0 Å². The number of rotatable bonds is 6. The number of hydrogen-bond acceptors (Lipinski definition) is 6. The molecule has 6 nitrogen and oxygen atoms in total. The summed E-state index contributed by atoms with van der Waals surface area (Å²) in [5.41, 5.74) is 0.499. The lowest BCUT2D eigenvalue weighted by Gasteiger charge is -2.22. The molecular weight excluding hydrogens is 292 g/mol. The summed E-state index contributed by atoms with van der Waals surface area (Å²) in [6.07, 6.45) is 2.49. The van der Waals surface area contributed by atoms with Gasteiger partial charge in [0, 0.05) is 0 Å². The molecule has 116 valence electrons. The minimum Gasteiger partial charge on any atom is -0.465 e. The highest BCUT2D eigenvalue weighted by Crippen LogP contribution is 2.23. The van der Waals surface area contributed by atoms with E-state index >= 15 is 0 Å². The molecule has 2 rings (SSSR count). The number of carbonyl (C=O) groups is 2. The first-order valence-electron chi connectivity index (χ1n) is 6.98. The van der Waals surface area contributed by atoms with Crippen molar-refractivity contribution in [3.05, 3.63) is 16.3 Å². The van der Waals surface area contributed by atoms with Gasteiger partial charge < -0.3 is 20.1 Å². The molecule has 1 aromatic rings. The van der Waals surface area contributed by atoms with Gasteiger partial charge in [-0.25, -0.2) is 4.79 Å². The highest BCUT2D eigenvalue weighted by Gasteiger charge is 2.16. The molecule has 0 saturated carbocycles. The number of methoxy groups -OCH3 is 1. The summed E-state index contributed by atoms with van der Waals surface area (Å²) in [6.45, 7) is 2.33. The smallest absolute Gasteiger partial charge is 0.350 e. The lowest BCUT2D eigenvalue weighted by atomic mass is 10.1. The fourth-order valence-corrected chi connectivity index (χ4v) is 2.92. The zero-order valence-electron chi connectivity index (χ0n) is 12.0. The van der Waals surface area contributed by atoms with Gasteiger partial charge in [-0.3, -0.25) is 4.79 Å². The molecule has 21 heavy (non-hydrogen) atoms. The van der Waals surface area contributed by atoms with Gasteiger partial charge in [-0.05, 0) is 37.4 Å². The van der Waals surface area contributed by atoms with E-state index in [1.165, 1.54) is 18.4 Å². The standard InChI is InChI=1S/C14H20N2O4S/c1-19-14(18)13-11(5-9-21-13)16-12(17)4-8-20-10-2-6-15-7-3-10/h5,9-10,15H,2-4,6-8H2,1H3,(H,16,17). The molecule has 1 aliphatic rings. The van der Waals surface area contributed by atoms with Gasteiger partial charge in [-0.2, -0.15) is 0 Å². The van der Waals surface area contributed by atoms with Crippen molar-refractivity contribution in [2.75, 3.05) is 32.1 Å². The molecule has 0 aliphatic carbocycles. The van der Waals surface area contributed by atoms with E-state index in [9.17, 15) is 9.59 Å². The van der Waals surface area contributed by atoms with Crippen molar-refractivity contribution >= 4 is 28.9 Å². The van der Waals surface area contributed by atoms with E-state index in [4.69, 9.17) is 4.74 Å². The first-order chi connectivity index (χ1) is 10.2. The van der Waals surface area contributed by atoms with E-state index in [2.05, 4.69) is 15.4 Å². The van der Waals surface area contributed by atoms with Crippen LogP contribution < -0.4 is 10.6 Å². The molecule has 2 N–H and O–H groups in total. The Balaban J connectivity index is 1.74. The van der Waals surface area contributed by atoms with Gasteiger partial charge in [-0.15, -0.1) is 11.3 Å². The molecule has 0 atom stereocenters. The average Bonchev–Trinajstić information content (AvgIpc) is 2.95. The minimum atomic E-state index is -0.439. The quantitative estimate of drug-likeness (QED) is 0.781. The second-order valence-corrected chi connectivity index (χ2v) is 5.69. The van der Waals surface area contributed by atoms with Crippen LogP contribution >= 0.6 is 11.3 Å². The average molecular weight is 312 g/mol. The summed E-state index contributed by atoms with van der Waals surface area (Å²) in [5.74, 6) is -0.598. The van der Waals surface area contributed by atoms with Crippen molar-refractivity contribution in [1.82, 2.24) is 5.32 Å². The first-order valence-corrected chi connectivity index (χ1v) is 7.86. The van der Waals surface area contributed by atoms with Crippen molar-refractivity contribution in [2.24, 2.45) is 0 Å². The number of anilines is 1. The fourth-order valence-electron chi connectivity index (χ4n) is 2.15. The van der Waals surface area contributed by atoms with Gasteiger partial charge in [0.25, 0.3) is 0 Å². The number of amides is 1. The maximum absolute atomic E-state index is 11.9. The van der Waals surface area contributed by atoms with E-state index in [1.807, 2.05) is 0 Å². The van der Waals surface area contributed by atoms with Gasteiger partial charge in [0.1, 0.15) is 4.88 Å². The van der Waals surface area contributed by atoms with Crippen molar-refractivity contribution in [3.8, 4) is 0 Å². The molecule has 2 heterocycles. The normalized spacial score (nSPS) is 15.7. The number of carbonyl (C=O) groups excluding carboxylic acids is 2. The Morgan fingerprint density at radius 2 is 2.19 bits per heavy atom. The molecule has 1 amide bonds. The molecule has 0 radical (unpaired) electrons. The van der Waals surface area contributed by atoms with Gasteiger partial charge in [0.15, 0.2) is 0 Å². The van der Waals surface area contributed by atoms with Crippen LogP contribution in [-0.2, 0) is 14.3 Å². The van der Waals surface area contributed by atoms with Crippen LogP contribution in [0.1, 0.15) is 28.9 Å². The van der Waals surface area contributed by atoms with Gasteiger partial charge >= 0.3 is 5.97 Å². The maximum Gasteiger partial charge on any atom is 0.350 e. The van der Waals surface area contributed by atoms with Crippen molar-refractivity contribution in [2.45, 2.75) is 25.4 Å². The number of piperidine rings is 1. The van der Waals surface area contributed by atoms with Gasteiger partial charge in [0.2, 0.25) is 5.91 Å². The van der Waals surface area contributed by atoms with E-state index in [1.54, 1.807) is 11.4 Å². The largest absolute Gasteiger partial charge is 0.465 e. The third-order valence-electron chi connectivity index (χ3n) is 3.28. The van der Waals surface area contributed by atoms with Crippen LogP contribution in [0.15, 0.2) is 11.4 Å². The molecule has 0 spiro atoms. The highest BCUT2D eigenvalue weighted by atomic mass is 32.1. The summed E-state index contributed by atoms with van der Waals surface area (Å²) in [6, 6.07) is 1.70. The van der Waals surface area contributed by atoms with Gasteiger partial charge in [-0.1, -0.05) is 0 Å². The maximum atomic E-state index is 11.9. The Labute approximate surface area is 127 Å². The van der Waals surface area contributed by atoms with E-state index in [0.29, 0.717) is 17.2 Å². The van der Waals surface area contributed by atoms with Crippen molar-refractivity contribution < 1.29 is 19.1 Å². The molecule has 1 aliphatic heterocycles. The van der Waals surface area contributed by atoms with E-state index < -0.39 is 5.97 Å². The summed E-state index contributed by atoms with van der Waals surface area (Å²) < 4.78 is 10.3. The molecular formula is C14H20N2O4S. The molecule has 0 aromatic carbocycles. The Morgan fingerprint density at radius 3 is 2.90 bits per heavy atom. The Hall–Kier alpha value is -1.44. The number of esters is 1. The monoisotopic (exact) mass is 312 g/mol. The predicted octanol–water partition coefficient (Wildman–Crippen LogP) is 1.63. The number of thiophene rings is 1. The van der Waals surface area contributed by atoms with Crippen LogP contribution in [0, 0.1) is 0 Å². The lowest BCUT2D eigenvalue weighted by Crippen LogP contribution is -2.33. The third-order valence-corrected chi connectivity index (χ3v) is 4.17. The molecule has 7 heteroatoms. The lowest BCUT2D eigenvalue weighted by molar-refractivity contribution is -0.117. The summed E-state index contributed by atoms with van der Waals surface area (Å²) in [5, 5.41) is 7.73. The van der Waals surface area contributed by atoms with Crippen LogP contribution in [0.5, 0.6) is 0 Å². The molecule has 0 bridgehead atoms. The zero-order chi connectivity index (χ0) is 15.1. The Kier molecular flexibility index (Phi) is 6.16. The van der Waals surface area contributed by atoms with Crippen LogP contribution in [0.25, 0.3) is 0 Å². The number of nitrogens with one attached hydrogen (secondary N) is 2. The Bertz CT molecular complexity index is 483. The van der Waals surface area contributed by atoms with Crippen LogP contribution in [0.4, 0.5) is 5.69 Å². The molecule has 1 aromatic heterocycles. The first kappa shape index (κ1) is 15.9. The highest BCUT2D eigenvalue weighted by molar-refractivity contribution is 7.12. The summed E-state index contributed by atoms with van der Waals surface area (Å²) >= 11 is 1.24. The third kappa shape index (κ3) is 4.80. The van der Waals surface area contributed by atoms with Crippen molar-refractivity contribution in [3.63, 3.8) is 0 Å². The summed E-state index contributed by atoms with van der Waals surface area (Å²) in [7, 11) is 1.32. The van der Waals surface area contributed by atoms with Crippen LogP contribution in [0.2, 0.25) is 0 Å². The summed E-state index contributed by atoms with van der Waals surface area (Å²) in [4.78, 5) is 23.8. The second-order valence-electron chi connectivity index (χ2n) is 4.77. The molecule has 1 fully saturated rings. The number of hydrogen-bond donors (Lipinski definition) is 2. The molecule has 1 saturated heterocycles. The van der Waals surface area contributed by atoms with Crippen molar-refractivity contribution in [1.29, 1.82) is 0 Å². The number of ether oxygens (including phenoxy) is 2.